The summed E-state index contributed by atoms with van der Waals surface area (Å²) >= 11 is 0. The summed E-state index contributed by atoms with van der Waals surface area (Å²) in [6.07, 6.45) is 0.687. The number of rotatable bonds is 6. The molecule has 5 heteroatoms. The molecule has 25 heavy (non-hydrogen) atoms. The smallest absolute Gasteiger partial charge is 0.410 e. The molecule has 1 aliphatic rings. The monoisotopic (exact) mass is 348 g/mol. The molecule has 0 saturated heterocycles. The Balaban J connectivity index is 1.78. The summed E-state index contributed by atoms with van der Waals surface area (Å²) in [5.41, 5.74) is 1.94. The number of fused-ring (bicyclic) bond motifs is 1. The molecule has 5 nitrogen and oxygen atoms in total. The van der Waals surface area contributed by atoms with Crippen molar-refractivity contribution in [3.63, 3.8) is 0 Å². The van der Waals surface area contributed by atoms with Crippen LogP contribution in [0.3, 0.4) is 0 Å². The molecular weight excluding hydrogens is 316 g/mol. The van der Waals surface area contributed by atoms with Gasteiger partial charge in [0, 0.05) is 32.6 Å². The second-order valence-electron chi connectivity index (χ2n) is 8.22. The number of carbonyl (C=O) groups is 1. The van der Waals surface area contributed by atoms with E-state index in [2.05, 4.69) is 37.4 Å². The first-order valence-corrected chi connectivity index (χ1v) is 9.09. The molecule has 140 valence electrons. The topological polar surface area (TPSA) is 50.8 Å². The highest BCUT2D eigenvalue weighted by Gasteiger charge is 2.29. The standard InChI is InChI=1S/C20H32N2O3/c1-7-22(18(23)25-19(2,3)4)11-10-21-14-15-8-9-17-16(12-15)13-20(5,6)24-17/h8-9,12,21H,7,10-11,13-14H2,1-6H3. The van der Waals surface area contributed by atoms with Crippen LogP contribution in [0.5, 0.6) is 5.75 Å². The largest absolute Gasteiger partial charge is 0.487 e. The Morgan fingerprint density at radius 2 is 2.08 bits per heavy atom. The third kappa shape index (κ3) is 5.92. The van der Waals surface area contributed by atoms with Crippen molar-refractivity contribution in [3.05, 3.63) is 29.3 Å². The normalized spacial score (nSPS) is 15.4. The van der Waals surface area contributed by atoms with E-state index in [-0.39, 0.29) is 11.7 Å². The number of nitrogens with one attached hydrogen (secondary N) is 1. The number of likely N-dealkylation sites (N-methyl/N-ethyl adjacent to an activating group) is 1. The Hall–Kier alpha value is -1.75. The minimum atomic E-state index is -0.460. The molecule has 1 aromatic carbocycles. The SMILES string of the molecule is CCN(CCNCc1ccc2c(c1)CC(C)(C)O2)C(=O)OC(C)(C)C. The van der Waals surface area contributed by atoms with Gasteiger partial charge in [-0.1, -0.05) is 12.1 Å². The van der Waals surface area contributed by atoms with Crippen LogP contribution in [0.25, 0.3) is 0 Å². The molecule has 1 amide bonds. The van der Waals surface area contributed by atoms with Gasteiger partial charge in [0.2, 0.25) is 0 Å². The van der Waals surface area contributed by atoms with E-state index >= 15 is 0 Å². The first kappa shape index (κ1) is 19.6. The summed E-state index contributed by atoms with van der Waals surface area (Å²) in [6, 6.07) is 6.36. The third-order valence-corrected chi connectivity index (χ3v) is 4.05. The van der Waals surface area contributed by atoms with Crippen molar-refractivity contribution in [2.24, 2.45) is 0 Å². The number of hydrogen-bond acceptors (Lipinski definition) is 4. The quantitative estimate of drug-likeness (QED) is 0.796. The molecule has 0 aromatic heterocycles. The van der Waals surface area contributed by atoms with Gasteiger partial charge in [-0.3, -0.25) is 0 Å². The van der Waals surface area contributed by atoms with Gasteiger partial charge in [0.15, 0.2) is 0 Å². The highest BCUT2D eigenvalue weighted by molar-refractivity contribution is 5.68. The van der Waals surface area contributed by atoms with Crippen molar-refractivity contribution in [3.8, 4) is 5.75 Å². The lowest BCUT2D eigenvalue weighted by Gasteiger charge is -2.26. The zero-order valence-corrected chi connectivity index (χ0v) is 16.4. The fraction of sp³-hybridized carbons (Fsp3) is 0.650. The van der Waals surface area contributed by atoms with E-state index in [4.69, 9.17) is 9.47 Å². The highest BCUT2D eigenvalue weighted by atomic mass is 16.6. The van der Waals surface area contributed by atoms with Gasteiger partial charge < -0.3 is 19.7 Å². The molecular formula is C20H32N2O3. The molecule has 0 bridgehead atoms. The molecule has 0 radical (unpaired) electrons. The molecule has 1 aromatic rings. The van der Waals surface area contributed by atoms with Crippen molar-refractivity contribution >= 4 is 6.09 Å². The van der Waals surface area contributed by atoms with Crippen LogP contribution in [-0.4, -0.2) is 41.8 Å². The van der Waals surface area contributed by atoms with Crippen molar-refractivity contribution < 1.29 is 14.3 Å². The molecule has 0 fully saturated rings. The maximum absolute atomic E-state index is 12.1. The maximum Gasteiger partial charge on any atom is 0.410 e. The second-order valence-corrected chi connectivity index (χ2v) is 8.22. The van der Waals surface area contributed by atoms with Crippen LogP contribution < -0.4 is 10.1 Å². The van der Waals surface area contributed by atoms with Crippen LogP contribution in [0.4, 0.5) is 4.79 Å². The first-order valence-electron chi connectivity index (χ1n) is 9.09. The van der Waals surface area contributed by atoms with Crippen LogP contribution in [-0.2, 0) is 17.7 Å². The molecule has 0 atom stereocenters. The number of amides is 1. The summed E-state index contributed by atoms with van der Waals surface area (Å²) in [4.78, 5) is 13.8. The van der Waals surface area contributed by atoms with Gasteiger partial charge in [0.1, 0.15) is 17.0 Å². The fourth-order valence-corrected chi connectivity index (χ4v) is 2.92. The van der Waals surface area contributed by atoms with Crippen LogP contribution in [0.15, 0.2) is 18.2 Å². The summed E-state index contributed by atoms with van der Waals surface area (Å²) in [7, 11) is 0. The van der Waals surface area contributed by atoms with E-state index in [0.717, 1.165) is 25.3 Å². The number of carbonyl (C=O) groups excluding carboxylic acids is 1. The second kappa shape index (κ2) is 7.65. The molecule has 1 heterocycles. The molecule has 1 aliphatic heterocycles. The molecule has 2 rings (SSSR count). The van der Waals surface area contributed by atoms with Gasteiger partial charge in [0.25, 0.3) is 0 Å². The van der Waals surface area contributed by atoms with Crippen LogP contribution in [0, 0.1) is 0 Å². The van der Waals surface area contributed by atoms with E-state index in [0.29, 0.717) is 13.1 Å². The number of hydrogen-bond donors (Lipinski definition) is 1. The molecule has 0 unspecified atom stereocenters. The Morgan fingerprint density at radius 3 is 2.72 bits per heavy atom. The van der Waals surface area contributed by atoms with Crippen molar-refractivity contribution in [1.82, 2.24) is 10.2 Å². The molecule has 0 aliphatic carbocycles. The van der Waals surface area contributed by atoms with Gasteiger partial charge in [-0.15, -0.1) is 0 Å². The van der Waals surface area contributed by atoms with Gasteiger partial charge >= 0.3 is 6.09 Å². The highest BCUT2D eigenvalue weighted by Crippen LogP contribution is 2.35. The molecule has 0 spiro atoms. The fourth-order valence-electron chi connectivity index (χ4n) is 2.92. The van der Waals surface area contributed by atoms with E-state index in [1.807, 2.05) is 27.7 Å². The maximum atomic E-state index is 12.1. The van der Waals surface area contributed by atoms with E-state index in [1.165, 1.54) is 11.1 Å². The lowest BCUT2D eigenvalue weighted by Crippen LogP contribution is -2.40. The zero-order chi connectivity index (χ0) is 18.7. The third-order valence-electron chi connectivity index (χ3n) is 4.05. The van der Waals surface area contributed by atoms with Crippen molar-refractivity contribution in [2.45, 2.75) is 65.7 Å². The summed E-state index contributed by atoms with van der Waals surface area (Å²) in [6.45, 7) is 14.6. The van der Waals surface area contributed by atoms with Gasteiger partial charge in [0.05, 0.1) is 0 Å². The lowest BCUT2D eigenvalue weighted by molar-refractivity contribution is 0.0262. The van der Waals surface area contributed by atoms with E-state index in [1.54, 1.807) is 4.90 Å². The minimum absolute atomic E-state index is 0.108. The average Bonchev–Trinajstić information content (AvgIpc) is 2.78. The van der Waals surface area contributed by atoms with E-state index in [9.17, 15) is 4.79 Å². The molecule has 0 saturated carbocycles. The average molecular weight is 348 g/mol. The first-order chi connectivity index (χ1) is 11.6. The van der Waals surface area contributed by atoms with Crippen LogP contribution >= 0.6 is 0 Å². The number of nitrogens with zero attached hydrogens (tertiary/aromatic N) is 1. The van der Waals surface area contributed by atoms with Gasteiger partial charge in [-0.25, -0.2) is 4.79 Å². The number of ether oxygens (including phenoxy) is 2. The van der Waals surface area contributed by atoms with Crippen molar-refractivity contribution in [1.29, 1.82) is 0 Å². The Kier molecular flexibility index (Phi) is 5.99. The predicted octanol–water partition coefficient (Wildman–Crippen LogP) is 3.75. The Bertz CT molecular complexity index is 605. The Labute approximate surface area is 151 Å². The predicted molar refractivity (Wildman–Crippen MR) is 100 cm³/mol. The van der Waals surface area contributed by atoms with Crippen molar-refractivity contribution in [2.75, 3.05) is 19.6 Å². The summed E-state index contributed by atoms with van der Waals surface area (Å²) in [5.74, 6) is 0.996. The van der Waals surface area contributed by atoms with E-state index < -0.39 is 5.60 Å². The minimum Gasteiger partial charge on any atom is -0.487 e. The summed E-state index contributed by atoms with van der Waals surface area (Å²) < 4.78 is 11.3. The van der Waals surface area contributed by atoms with Crippen LogP contribution in [0.2, 0.25) is 0 Å². The lowest BCUT2D eigenvalue weighted by atomic mass is 10.0. The van der Waals surface area contributed by atoms with Gasteiger partial charge in [-0.05, 0) is 58.7 Å². The summed E-state index contributed by atoms with van der Waals surface area (Å²) in [5, 5.41) is 3.41. The van der Waals surface area contributed by atoms with Gasteiger partial charge in [-0.2, -0.15) is 0 Å². The zero-order valence-electron chi connectivity index (χ0n) is 16.4. The Morgan fingerprint density at radius 1 is 1.36 bits per heavy atom. The number of benzene rings is 1. The van der Waals surface area contributed by atoms with Crippen LogP contribution in [0.1, 0.15) is 52.7 Å². The molecule has 1 N–H and O–H groups in total.